The molecule has 0 spiro atoms. The highest BCUT2D eigenvalue weighted by Gasteiger charge is 2.27. The SMILES string of the molecule is Cc1ccc(C(N)C(C)N2CCC(C(C)C)CC2)cc1. The van der Waals surface area contributed by atoms with E-state index in [1.54, 1.807) is 0 Å². The summed E-state index contributed by atoms with van der Waals surface area (Å²) in [6.45, 7) is 11.5. The first-order valence-electron chi connectivity index (χ1n) is 8.05. The average molecular weight is 274 g/mol. The summed E-state index contributed by atoms with van der Waals surface area (Å²) in [6, 6.07) is 9.21. The zero-order chi connectivity index (χ0) is 14.7. The lowest BCUT2D eigenvalue weighted by atomic mass is 9.85. The van der Waals surface area contributed by atoms with Gasteiger partial charge in [-0.25, -0.2) is 0 Å². The molecule has 2 nitrogen and oxygen atoms in total. The van der Waals surface area contributed by atoms with Crippen LogP contribution >= 0.6 is 0 Å². The number of hydrogen-bond donors (Lipinski definition) is 1. The molecule has 1 heterocycles. The predicted molar refractivity (Wildman–Crippen MR) is 86.7 cm³/mol. The van der Waals surface area contributed by atoms with Crippen molar-refractivity contribution in [3.8, 4) is 0 Å². The Morgan fingerprint density at radius 3 is 2.10 bits per heavy atom. The summed E-state index contributed by atoms with van der Waals surface area (Å²) < 4.78 is 0. The van der Waals surface area contributed by atoms with E-state index in [9.17, 15) is 0 Å². The van der Waals surface area contributed by atoms with Gasteiger partial charge in [0.25, 0.3) is 0 Å². The number of aryl methyl sites for hydroxylation is 1. The van der Waals surface area contributed by atoms with Gasteiger partial charge in [-0.3, -0.25) is 4.90 Å². The van der Waals surface area contributed by atoms with Gasteiger partial charge in [0.1, 0.15) is 0 Å². The Labute approximate surface area is 124 Å². The second-order valence-corrected chi connectivity index (χ2v) is 6.79. The van der Waals surface area contributed by atoms with Gasteiger partial charge in [-0.15, -0.1) is 0 Å². The van der Waals surface area contributed by atoms with E-state index < -0.39 is 0 Å². The Morgan fingerprint density at radius 1 is 1.05 bits per heavy atom. The maximum Gasteiger partial charge on any atom is 0.0450 e. The second kappa shape index (κ2) is 6.73. The van der Waals surface area contributed by atoms with Gasteiger partial charge < -0.3 is 5.73 Å². The smallest absolute Gasteiger partial charge is 0.0450 e. The number of hydrogen-bond acceptors (Lipinski definition) is 2. The third-order valence-electron chi connectivity index (χ3n) is 5.07. The molecule has 0 radical (unpaired) electrons. The van der Waals surface area contributed by atoms with E-state index in [1.807, 2.05) is 0 Å². The van der Waals surface area contributed by atoms with Gasteiger partial charge in [0, 0.05) is 12.1 Å². The van der Waals surface area contributed by atoms with Crippen LogP contribution in [0.4, 0.5) is 0 Å². The number of likely N-dealkylation sites (tertiary alicyclic amines) is 1. The minimum absolute atomic E-state index is 0.117. The lowest BCUT2D eigenvalue weighted by Gasteiger charge is -2.39. The summed E-state index contributed by atoms with van der Waals surface area (Å²) in [6.07, 6.45) is 2.64. The van der Waals surface area contributed by atoms with E-state index in [0.717, 1.165) is 11.8 Å². The normalized spacial score (nSPS) is 21.1. The molecule has 0 amide bonds. The molecule has 0 aliphatic carbocycles. The van der Waals surface area contributed by atoms with Crippen molar-refractivity contribution < 1.29 is 0 Å². The van der Waals surface area contributed by atoms with Gasteiger partial charge in [-0.05, 0) is 57.2 Å². The molecule has 1 aliphatic heterocycles. The number of piperidine rings is 1. The molecular weight excluding hydrogens is 244 g/mol. The molecule has 112 valence electrons. The van der Waals surface area contributed by atoms with Gasteiger partial charge in [0.2, 0.25) is 0 Å². The second-order valence-electron chi connectivity index (χ2n) is 6.79. The van der Waals surface area contributed by atoms with Crippen LogP contribution in [0.2, 0.25) is 0 Å². The Kier molecular flexibility index (Phi) is 5.22. The first kappa shape index (κ1) is 15.5. The van der Waals surface area contributed by atoms with Crippen LogP contribution in [-0.4, -0.2) is 24.0 Å². The minimum Gasteiger partial charge on any atom is -0.323 e. The van der Waals surface area contributed by atoms with Crippen LogP contribution in [0.1, 0.15) is 50.8 Å². The van der Waals surface area contributed by atoms with Crippen LogP contribution < -0.4 is 5.73 Å². The summed E-state index contributed by atoms with van der Waals surface area (Å²) >= 11 is 0. The maximum atomic E-state index is 6.47. The Hall–Kier alpha value is -0.860. The van der Waals surface area contributed by atoms with Crippen molar-refractivity contribution in [2.75, 3.05) is 13.1 Å². The zero-order valence-corrected chi connectivity index (χ0v) is 13.5. The predicted octanol–water partition coefficient (Wildman–Crippen LogP) is 3.75. The molecule has 1 aromatic rings. The zero-order valence-electron chi connectivity index (χ0n) is 13.5. The van der Waals surface area contributed by atoms with Crippen molar-refractivity contribution in [1.82, 2.24) is 4.90 Å². The van der Waals surface area contributed by atoms with Crippen molar-refractivity contribution in [3.05, 3.63) is 35.4 Å². The van der Waals surface area contributed by atoms with Gasteiger partial charge in [-0.1, -0.05) is 43.7 Å². The molecule has 2 unspecified atom stereocenters. The first-order chi connectivity index (χ1) is 9.49. The summed E-state index contributed by atoms with van der Waals surface area (Å²) in [5.41, 5.74) is 9.03. The average Bonchev–Trinajstić information content (AvgIpc) is 2.46. The van der Waals surface area contributed by atoms with Crippen molar-refractivity contribution >= 4 is 0 Å². The molecule has 2 rings (SSSR count). The van der Waals surface area contributed by atoms with Crippen molar-refractivity contribution in [3.63, 3.8) is 0 Å². The van der Waals surface area contributed by atoms with Crippen LogP contribution in [0.5, 0.6) is 0 Å². The number of nitrogens with two attached hydrogens (primary N) is 1. The number of rotatable bonds is 4. The molecule has 2 atom stereocenters. The van der Waals surface area contributed by atoms with Gasteiger partial charge in [0.15, 0.2) is 0 Å². The third kappa shape index (κ3) is 3.62. The fourth-order valence-electron chi connectivity index (χ4n) is 3.29. The standard InChI is InChI=1S/C18H30N2/c1-13(2)16-9-11-20(12-10-16)15(4)18(19)17-7-5-14(3)6-8-17/h5-8,13,15-16,18H,9-12,19H2,1-4H3. The quantitative estimate of drug-likeness (QED) is 0.906. The highest BCUT2D eigenvalue weighted by Crippen LogP contribution is 2.28. The Morgan fingerprint density at radius 2 is 1.60 bits per heavy atom. The van der Waals surface area contributed by atoms with E-state index >= 15 is 0 Å². The lowest BCUT2D eigenvalue weighted by molar-refractivity contribution is 0.109. The van der Waals surface area contributed by atoms with Gasteiger partial charge in [0.05, 0.1) is 0 Å². The van der Waals surface area contributed by atoms with E-state index in [0.29, 0.717) is 6.04 Å². The van der Waals surface area contributed by atoms with Crippen LogP contribution in [0.15, 0.2) is 24.3 Å². The van der Waals surface area contributed by atoms with Crippen LogP contribution in [0.3, 0.4) is 0 Å². The Balaban J connectivity index is 1.94. The highest BCUT2D eigenvalue weighted by atomic mass is 15.2. The van der Waals surface area contributed by atoms with Gasteiger partial charge >= 0.3 is 0 Å². The molecule has 0 saturated carbocycles. The molecule has 1 saturated heterocycles. The first-order valence-corrected chi connectivity index (χ1v) is 8.05. The van der Waals surface area contributed by atoms with E-state index in [1.165, 1.54) is 37.1 Å². The van der Waals surface area contributed by atoms with E-state index in [4.69, 9.17) is 5.73 Å². The molecule has 1 aliphatic rings. The maximum absolute atomic E-state index is 6.47. The van der Waals surface area contributed by atoms with E-state index in [2.05, 4.69) is 56.9 Å². The lowest BCUT2D eigenvalue weighted by Crippen LogP contribution is -2.45. The summed E-state index contributed by atoms with van der Waals surface area (Å²) in [5.74, 6) is 1.72. The molecular formula is C18H30N2. The molecule has 1 aromatic carbocycles. The molecule has 2 N–H and O–H groups in total. The molecule has 0 aromatic heterocycles. The molecule has 1 fully saturated rings. The molecule has 0 bridgehead atoms. The Bertz CT molecular complexity index is 402. The third-order valence-corrected chi connectivity index (χ3v) is 5.07. The van der Waals surface area contributed by atoms with Crippen LogP contribution in [0, 0.1) is 18.8 Å². The highest BCUT2D eigenvalue weighted by molar-refractivity contribution is 5.24. The molecule has 20 heavy (non-hydrogen) atoms. The van der Waals surface area contributed by atoms with Crippen molar-refractivity contribution in [2.24, 2.45) is 17.6 Å². The molecule has 2 heteroatoms. The monoisotopic (exact) mass is 274 g/mol. The van der Waals surface area contributed by atoms with Crippen molar-refractivity contribution in [1.29, 1.82) is 0 Å². The summed E-state index contributed by atoms with van der Waals surface area (Å²) in [7, 11) is 0. The number of benzene rings is 1. The fraction of sp³-hybridized carbons (Fsp3) is 0.667. The largest absolute Gasteiger partial charge is 0.323 e. The topological polar surface area (TPSA) is 29.3 Å². The van der Waals surface area contributed by atoms with Crippen molar-refractivity contribution in [2.45, 2.75) is 52.6 Å². The fourth-order valence-corrected chi connectivity index (χ4v) is 3.29. The number of nitrogens with zero attached hydrogens (tertiary/aromatic N) is 1. The summed E-state index contributed by atoms with van der Waals surface area (Å²) in [4.78, 5) is 2.57. The van der Waals surface area contributed by atoms with Gasteiger partial charge in [-0.2, -0.15) is 0 Å². The summed E-state index contributed by atoms with van der Waals surface area (Å²) in [5, 5.41) is 0. The van der Waals surface area contributed by atoms with E-state index in [-0.39, 0.29) is 6.04 Å². The van der Waals surface area contributed by atoms with Crippen LogP contribution in [-0.2, 0) is 0 Å². The minimum atomic E-state index is 0.117. The van der Waals surface area contributed by atoms with Crippen LogP contribution in [0.25, 0.3) is 0 Å².